The Balaban J connectivity index is 1.44. The van der Waals surface area contributed by atoms with Gasteiger partial charge in [-0.2, -0.15) is 0 Å². The molecular weight excluding hydrogens is 366 g/mol. The minimum Gasteiger partial charge on any atom is -0.504 e. The summed E-state index contributed by atoms with van der Waals surface area (Å²) in [7, 11) is 3.28. The minimum absolute atomic E-state index is 0.0831. The van der Waals surface area contributed by atoms with E-state index in [0.717, 1.165) is 38.0 Å². The monoisotopic (exact) mass is 397 g/mol. The van der Waals surface area contributed by atoms with Crippen LogP contribution < -0.4 is 10.1 Å². The van der Waals surface area contributed by atoms with Gasteiger partial charge in [0.25, 0.3) is 0 Å². The third-order valence-electron chi connectivity index (χ3n) is 5.41. The van der Waals surface area contributed by atoms with Gasteiger partial charge in [0.15, 0.2) is 11.5 Å². The fraction of sp³-hybridized carbons (Fsp3) is 0.435. The van der Waals surface area contributed by atoms with Crippen molar-refractivity contribution in [3.63, 3.8) is 0 Å². The van der Waals surface area contributed by atoms with Gasteiger partial charge in [-0.15, -0.1) is 0 Å². The summed E-state index contributed by atoms with van der Waals surface area (Å²) in [4.78, 5) is 16.6. The molecule has 6 nitrogen and oxygen atoms in total. The average molecular weight is 398 g/mol. The maximum Gasteiger partial charge on any atom is 0.317 e. The van der Waals surface area contributed by atoms with Gasteiger partial charge in [0, 0.05) is 39.3 Å². The van der Waals surface area contributed by atoms with Crippen molar-refractivity contribution < 1.29 is 14.6 Å². The van der Waals surface area contributed by atoms with E-state index in [0.29, 0.717) is 12.3 Å². The number of nitrogens with zero attached hydrogens (tertiary/aromatic N) is 2. The molecule has 2 aromatic rings. The van der Waals surface area contributed by atoms with Crippen molar-refractivity contribution >= 4 is 6.03 Å². The number of urea groups is 1. The number of hydrogen-bond donors (Lipinski definition) is 2. The van der Waals surface area contributed by atoms with E-state index < -0.39 is 0 Å². The summed E-state index contributed by atoms with van der Waals surface area (Å²) in [5.74, 6) is 0.512. The lowest BCUT2D eigenvalue weighted by Gasteiger charge is -2.33. The van der Waals surface area contributed by atoms with Crippen LogP contribution in [0.3, 0.4) is 0 Å². The number of methoxy groups -OCH3 is 1. The smallest absolute Gasteiger partial charge is 0.317 e. The summed E-state index contributed by atoms with van der Waals surface area (Å²) in [6.45, 7) is 5.47. The highest BCUT2D eigenvalue weighted by Crippen LogP contribution is 2.26. The van der Waals surface area contributed by atoms with Crippen molar-refractivity contribution in [3.8, 4) is 11.5 Å². The molecule has 0 radical (unpaired) electrons. The fourth-order valence-electron chi connectivity index (χ4n) is 3.77. The Bertz CT molecular complexity index is 832. The SMILES string of the molecule is COc1ccc(CN(C)C(=O)NC2CCN(Cc3cccc(C)c3)CC2)cc1O. The number of aryl methyl sites for hydroxylation is 1. The van der Waals surface area contributed by atoms with Crippen LogP contribution in [0.1, 0.15) is 29.5 Å². The predicted molar refractivity (Wildman–Crippen MR) is 114 cm³/mol. The van der Waals surface area contributed by atoms with Crippen LogP contribution >= 0.6 is 0 Å². The lowest BCUT2D eigenvalue weighted by molar-refractivity contribution is 0.173. The van der Waals surface area contributed by atoms with Crippen molar-refractivity contribution in [2.24, 2.45) is 0 Å². The highest BCUT2D eigenvalue weighted by molar-refractivity contribution is 5.74. The Kier molecular flexibility index (Phi) is 6.99. The second-order valence-electron chi connectivity index (χ2n) is 7.85. The van der Waals surface area contributed by atoms with Crippen LogP contribution in [0.4, 0.5) is 4.79 Å². The number of piperidine rings is 1. The topological polar surface area (TPSA) is 65.0 Å². The van der Waals surface area contributed by atoms with Gasteiger partial charge in [0.1, 0.15) is 0 Å². The molecule has 2 N–H and O–H groups in total. The molecule has 156 valence electrons. The number of carbonyl (C=O) groups excluding carboxylic acids is 1. The van der Waals surface area contributed by atoms with E-state index in [9.17, 15) is 9.90 Å². The zero-order valence-electron chi connectivity index (χ0n) is 17.5. The highest BCUT2D eigenvalue weighted by atomic mass is 16.5. The van der Waals surface area contributed by atoms with E-state index in [4.69, 9.17) is 4.74 Å². The molecule has 29 heavy (non-hydrogen) atoms. The summed E-state index contributed by atoms with van der Waals surface area (Å²) in [6, 6.07) is 13.9. The molecule has 0 spiro atoms. The van der Waals surface area contributed by atoms with Crippen molar-refractivity contribution in [2.45, 2.75) is 38.9 Å². The minimum atomic E-state index is -0.0857. The fourth-order valence-corrected chi connectivity index (χ4v) is 3.77. The molecule has 0 saturated carbocycles. The van der Waals surface area contributed by atoms with Gasteiger partial charge >= 0.3 is 6.03 Å². The lowest BCUT2D eigenvalue weighted by atomic mass is 10.0. The molecule has 1 aliphatic heterocycles. The van der Waals surface area contributed by atoms with Crippen LogP contribution in [0.5, 0.6) is 11.5 Å². The Morgan fingerprint density at radius 1 is 1.21 bits per heavy atom. The number of rotatable bonds is 6. The molecule has 3 rings (SSSR count). The van der Waals surface area contributed by atoms with Crippen LogP contribution in [0, 0.1) is 6.92 Å². The number of amides is 2. The Morgan fingerprint density at radius 3 is 2.62 bits per heavy atom. The maximum absolute atomic E-state index is 12.5. The molecule has 6 heteroatoms. The van der Waals surface area contributed by atoms with Gasteiger partial charge in [-0.3, -0.25) is 4.90 Å². The van der Waals surface area contributed by atoms with Gasteiger partial charge < -0.3 is 20.1 Å². The Labute approximate surface area is 173 Å². The first-order valence-electron chi connectivity index (χ1n) is 10.1. The third-order valence-corrected chi connectivity index (χ3v) is 5.41. The van der Waals surface area contributed by atoms with E-state index in [-0.39, 0.29) is 17.8 Å². The van der Waals surface area contributed by atoms with Crippen molar-refractivity contribution in [3.05, 3.63) is 59.2 Å². The molecule has 0 aliphatic carbocycles. The predicted octanol–water partition coefficient (Wildman–Crippen LogP) is 3.52. The van der Waals surface area contributed by atoms with Crippen LogP contribution in [0.15, 0.2) is 42.5 Å². The number of phenols is 1. The largest absolute Gasteiger partial charge is 0.504 e. The van der Waals surface area contributed by atoms with Crippen molar-refractivity contribution in [2.75, 3.05) is 27.2 Å². The summed E-state index contributed by atoms with van der Waals surface area (Å²) >= 11 is 0. The zero-order chi connectivity index (χ0) is 20.8. The summed E-state index contributed by atoms with van der Waals surface area (Å²) < 4.78 is 5.06. The van der Waals surface area contributed by atoms with E-state index in [1.54, 1.807) is 24.1 Å². The third kappa shape index (κ3) is 5.87. The molecule has 1 fully saturated rings. The first-order valence-corrected chi connectivity index (χ1v) is 10.1. The number of nitrogens with one attached hydrogen (secondary N) is 1. The average Bonchev–Trinajstić information content (AvgIpc) is 2.69. The van der Waals surface area contributed by atoms with Gasteiger partial charge in [0.2, 0.25) is 0 Å². The molecule has 0 unspecified atom stereocenters. The van der Waals surface area contributed by atoms with Crippen LogP contribution in [-0.4, -0.2) is 54.2 Å². The number of ether oxygens (including phenoxy) is 1. The number of phenolic OH excluding ortho intramolecular Hbond substituents is 1. The molecule has 0 aromatic heterocycles. The van der Waals surface area contributed by atoms with Gasteiger partial charge in [-0.1, -0.05) is 35.9 Å². The number of benzene rings is 2. The standard InChI is InChI=1S/C23H31N3O3/c1-17-5-4-6-18(13-17)16-26-11-9-20(10-12-26)24-23(28)25(2)15-19-7-8-22(29-3)21(27)14-19/h4-8,13-14,20,27H,9-12,15-16H2,1-3H3,(H,24,28). The zero-order valence-corrected chi connectivity index (χ0v) is 17.5. The van der Waals surface area contributed by atoms with Crippen molar-refractivity contribution in [1.82, 2.24) is 15.1 Å². The molecule has 1 heterocycles. The quantitative estimate of drug-likeness (QED) is 0.783. The van der Waals surface area contributed by atoms with Gasteiger partial charge in [-0.05, 0) is 43.0 Å². The molecule has 2 amide bonds. The first kappa shape index (κ1) is 21.0. The molecular formula is C23H31N3O3. The van der Waals surface area contributed by atoms with Gasteiger partial charge in [0.05, 0.1) is 7.11 Å². The number of carbonyl (C=O) groups is 1. The van der Waals surface area contributed by atoms with E-state index in [1.165, 1.54) is 18.2 Å². The van der Waals surface area contributed by atoms with E-state index >= 15 is 0 Å². The van der Waals surface area contributed by atoms with Crippen LogP contribution in [0.2, 0.25) is 0 Å². The molecule has 0 atom stereocenters. The van der Waals surface area contributed by atoms with E-state index in [2.05, 4.69) is 41.4 Å². The van der Waals surface area contributed by atoms with Crippen molar-refractivity contribution in [1.29, 1.82) is 0 Å². The van der Waals surface area contributed by atoms with Crippen LogP contribution in [0.25, 0.3) is 0 Å². The number of aromatic hydroxyl groups is 1. The second kappa shape index (κ2) is 9.65. The molecule has 0 bridgehead atoms. The second-order valence-corrected chi connectivity index (χ2v) is 7.85. The molecule has 2 aromatic carbocycles. The molecule has 1 saturated heterocycles. The first-order chi connectivity index (χ1) is 13.9. The Morgan fingerprint density at radius 2 is 1.97 bits per heavy atom. The normalized spacial score (nSPS) is 15.1. The van der Waals surface area contributed by atoms with E-state index in [1.807, 2.05) is 6.07 Å². The number of likely N-dealkylation sites (tertiary alicyclic amines) is 1. The summed E-state index contributed by atoms with van der Waals surface area (Å²) in [5, 5.41) is 13.0. The highest BCUT2D eigenvalue weighted by Gasteiger charge is 2.22. The summed E-state index contributed by atoms with van der Waals surface area (Å²) in [5.41, 5.74) is 3.49. The lowest BCUT2D eigenvalue weighted by Crippen LogP contribution is -2.48. The number of hydrogen-bond acceptors (Lipinski definition) is 4. The van der Waals surface area contributed by atoms with Gasteiger partial charge in [-0.25, -0.2) is 4.79 Å². The van der Waals surface area contributed by atoms with Crippen LogP contribution in [-0.2, 0) is 13.1 Å². The Hall–Kier alpha value is -2.73. The summed E-state index contributed by atoms with van der Waals surface area (Å²) in [6.07, 6.45) is 1.91. The maximum atomic E-state index is 12.5. The molecule has 1 aliphatic rings.